The number of hydrogen-bond donors (Lipinski definition) is 2. The Hall–Kier alpha value is -5.49. The van der Waals surface area contributed by atoms with E-state index in [2.05, 4.69) is 5.32 Å². The molecule has 0 radical (unpaired) electrons. The van der Waals surface area contributed by atoms with E-state index < -0.39 is 126 Å². The summed E-state index contributed by atoms with van der Waals surface area (Å²) in [5, 5.41) is 14.9. The van der Waals surface area contributed by atoms with Crippen molar-refractivity contribution in [2.45, 2.75) is 118 Å². The molecule has 2 fully saturated rings. The number of aliphatic hydroxyl groups excluding tert-OH is 1. The summed E-state index contributed by atoms with van der Waals surface area (Å²) in [4.78, 5) is 79.1. The van der Waals surface area contributed by atoms with Crippen molar-refractivity contribution in [3.63, 3.8) is 0 Å². The van der Waals surface area contributed by atoms with Crippen molar-refractivity contribution in [2.24, 2.45) is 0 Å². The molecule has 21 nitrogen and oxygen atoms in total. The van der Waals surface area contributed by atoms with E-state index in [1.54, 1.807) is 54.6 Å². The smallest absolute Gasteiger partial charge is 0.407 e. The van der Waals surface area contributed by atoms with Gasteiger partial charge in [-0.3, -0.25) is 19.2 Å². The van der Waals surface area contributed by atoms with Crippen molar-refractivity contribution in [1.29, 1.82) is 0 Å². The molecule has 3 aromatic carbocycles. The van der Waals surface area contributed by atoms with Crippen LogP contribution in [0.2, 0.25) is 0 Å². The summed E-state index contributed by atoms with van der Waals surface area (Å²) in [5.74, 6) is -7.35. The quantitative estimate of drug-likeness (QED) is 0.0776. The van der Waals surface area contributed by atoms with Crippen LogP contribution in [0, 0.1) is 0 Å². The van der Waals surface area contributed by atoms with Gasteiger partial charge in [-0.2, -0.15) is 0 Å². The van der Waals surface area contributed by atoms with E-state index in [0.29, 0.717) is 11.3 Å². The monoisotopic (exact) mass is 1070 g/mol. The maximum atomic E-state index is 14.7. The van der Waals surface area contributed by atoms with Gasteiger partial charge in [-0.05, 0) is 35.4 Å². The van der Waals surface area contributed by atoms with Gasteiger partial charge >= 0.3 is 35.9 Å². The fourth-order valence-corrected chi connectivity index (χ4v) is 7.85. The highest BCUT2D eigenvalue weighted by molar-refractivity contribution is 6.67. The molecule has 0 bridgehead atoms. The van der Waals surface area contributed by atoms with E-state index in [1.807, 2.05) is 30.3 Å². The Morgan fingerprint density at radius 3 is 1.94 bits per heavy atom. The number of aliphatic hydroxyl groups is 1. The van der Waals surface area contributed by atoms with Crippen LogP contribution < -0.4 is 14.8 Å². The Morgan fingerprint density at radius 2 is 1.39 bits per heavy atom. The third-order valence-corrected chi connectivity index (χ3v) is 11.0. The Bertz CT molecular complexity index is 2260. The van der Waals surface area contributed by atoms with Gasteiger partial charge in [0.25, 0.3) is 5.79 Å². The number of alkyl carbamates (subject to hydrolysis) is 1. The summed E-state index contributed by atoms with van der Waals surface area (Å²) < 4.78 is 74.6. The second-order valence-electron chi connectivity index (χ2n) is 16.2. The molecule has 0 unspecified atom stereocenters. The molecule has 0 aromatic heterocycles. The zero-order valence-electron chi connectivity index (χ0n) is 39.9. The molecule has 394 valence electrons. The lowest BCUT2D eigenvalue weighted by Gasteiger charge is -2.51. The standard InChI is InChI=1S/C48H56Cl3NO20/c1-27(53)63-25-37(67-29(3)55)40(68-30(4)56)41-38(52-46(59)65-26-48(49,50)51)35(66-28(2)54)21-47(71-41,45(58)61-6)72-42-39(57)36(24-62-22-31-13-9-7-10-14-31)70-44(69-34-19-17-33(60-5)18-20-34)43(42)64-23-32-15-11-8-12-16-32/h7-20,35-44,57H,21-26H2,1-6H3,(H,52,59)/t35-,36+,37+,38+,39-,40+,41-,42-,43+,44+,47-/m0/s1. The fourth-order valence-electron chi connectivity index (χ4n) is 7.69. The molecule has 72 heavy (non-hydrogen) atoms. The highest BCUT2D eigenvalue weighted by Gasteiger charge is 2.62. The summed E-state index contributed by atoms with van der Waals surface area (Å²) in [6.07, 6.45) is -17.6. The second-order valence-corrected chi connectivity index (χ2v) is 18.8. The molecular weight excluding hydrogens is 1020 g/mol. The largest absolute Gasteiger partial charge is 0.497 e. The highest BCUT2D eigenvalue weighted by atomic mass is 35.6. The Balaban J connectivity index is 1.70. The van der Waals surface area contributed by atoms with Crippen molar-refractivity contribution >= 4 is 70.7 Å². The number of esters is 5. The molecule has 1 amide bonds. The van der Waals surface area contributed by atoms with E-state index in [9.17, 15) is 33.9 Å². The van der Waals surface area contributed by atoms with E-state index in [4.69, 9.17) is 96.4 Å². The van der Waals surface area contributed by atoms with Crippen LogP contribution in [0.25, 0.3) is 0 Å². The van der Waals surface area contributed by atoms with E-state index in [-0.39, 0.29) is 25.6 Å². The summed E-state index contributed by atoms with van der Waals surface area (Å²) >= 11 is 17.6. The topological polar surface area (TPSA) is 255 Å². The maximum Gasteiger partial charge on any atom is 0.407 e. The van der Waals surface area contributed by atoms with E-state index >= 15 is 0 Å². The van der Waals surface area contributed by atoms with Crippen molar-refractivity contribution < 1.29 is 95.5 Å². The average Bonchev–Trinajstić information content (AvgIpc) is 3.33. The van der Waals surface area contributed by atoms with Crippen LogP contribution in [0.4, 0.5) is 4.79 Å². The summed E-state index contributed by atoms with van der Waals surface area (Å²) in [7, 11) is 2.45. The number of methoxy groups -OCH3 is 2. The first-order valence-corrected chi connectivity index (χ1v) is 23.3. The summed E-state index contributed by atoms with van der Waals surface area (Å²) in [6, 6.07) is 22.6. The molecule has 2 aliphatic heterocycles. The van der Waals surface area contributed by atoms with Crippen LogP contribution in [0.1, 0.15) is 45.2 Å². The molecule has 2 heterocycles. The highest BCUT2D eigenvalue weighted by Crippen LogP contribution is 2.41. The number of carbonyl (C=O) groups excluding carboxylic acids is 6. The van der Waals surface area contributed by atoms with Crippen LogP contribution in [0.5, 0.6) is 11.5 Å². The number of halogens is 3. The molecule has 11 atom stereocenters. The van der Waals surface area contributed by atoms with Crippen molar-refractivity contribution in [3.8, 4) is 11.5 Å². The third kappa shape index (κ3) is 17.1. The van der Waals surface area contributed by atoms with Crippen LogP contribution in [0.3, 0.4) is 0 Å². The van der Waals surface area contributed by atoms with E-state index in [0.717, 1.165) is 40.4 Å². The van der Waals surface area contributed by atoms with Crippen LogP contribution in [-0.4, -0.2) is 146 Å². The first-order valence-electron chi connectivity index (χ1n) is 22.2. The van der Waals surface area contributed by atoms with Crippen LogP contribution in [0.15, 0.2) is 84.9 Å². The Labute approximate surface area is 429 Å². The number of rotatable bonds is 22. The molecule has 0 aliphatic carbocycles. The molecule has 0 saturated carbocycles. The normalized spacial score (nSPS) is 24.8. The van der Waals surface area contributed by atoms with Gasteiger partial charge in [-0.15, -0.1) is 0 Å². The van der Waals surface area contributed by atoms with E-state index in [1.165, 1.54) is 7.11 Å². The number of amides is 1. The lowest BCUT2D eigenvalue weighted by atomic mass is 9.87. The van der Waals surface area contributed by atoms with Crippen LogP contribution >= 0.6 is 34.8 Å². The van der Waals surface area contributed by atoms with Gasteiger partial charge in [0.1, 0.15) is 61.3 Å². The van der Waals surface area contributed by atoms with Gasteiger partial charge in [-0.25, -0.2) is 9.59 Å². The SMILES string of the molecule is COC(=O)[C@@]1(O[C@H]2[C@@H](O)[C@@H](COCc3ccccc3)O[C@@H](Oc3ccc(OC)cc3)[C@@H]2OCc2ccccc2)C[C@H](OC(C)=O)[C@@H](NC(=O)OCC(Cl)(Cl)Cl)[C@@H]([C@H](OC(C)=O)[C@@H](COC(C)=O)OC(C)=O)O1. The molecular formula is C48H56Cl3NO20. The molecule has 0 spiro atoms. The van der Waals surface area contributed by atoms with Gasteiger partial charge in [0.2, 0.25) is 10.1 Å². The molecule has 2 N–H and O–H groups in total. The summed E-state index contributed by atoms with van der Waals surface area (Å²) in [5.41, 5.74) is 1.44. The second kappa shape index (κ2) is 27.0. The van der Waals surface area contributed by atoms with Crippen LogP contribution in [-0.2, 0) is 89.3 Å². The van der Waals surface area contributed by atoms with Gasteiger partial charge in [0.15, 0.2) is 12.2 Å². The number of benzene rings is 3. The number of alkyl halides is 3. The van der Waals surface area contributed by atoms with Crippen molar-refractivity contribution in [2.75, 3.05) is 34.0 Å². The Morgan fingerprint density at radius 1 is 0.778 bits per heavy atom. The number of ether oxygens (including phenoxy) is 13. The molecule has 5 rings (SSSR count). The van der Waals surface area contributed by atoms with Gasteiger partial charge in [0.05, 0.1) is 46.5 Å². The predicted octanol–water partition coefficient (Wildman–Crippen LogP) is 4.83. The minimum Gasteiger partial charge on any atom is -0.497 e. The zero-order chi connectivity index (χ0) is 52.6. The minimum absolute atomic E-state index is 0.0741. The number of carbonyl (C=O) groups is 6. The summed E-state index contributed by atoms with van der Waals surface area (Å²) in [6.45, 7) is 2.02. The minimum atomic E-state index is -2.88. The van der Waals surface area contributed by atoms with Crippen molar-refractivity contribution in [1.82, 2.24) is 5.32 Å². The zero-order valence-corrected chi connectivity index (χ0v) is 42.2. The Kier molecular flexibility index (Phi) is 21.5. The maximum absolute atomic E-state index is 14.7. The number of nitrogens with one attached hydrogen (secondary N) is 1. The molecule has 24 heteroatoms. The average molecular weight is 1070 g/mol. The molecule has 3 aromatic rings. The lowest BCUT2D eigenvalue weighted by Crippen LogP contribution is -2.71. The first kappa shape index (κ1) is 57.4. The molecule has 2 saturated heterocycles. The van der Waals surface area contributed by atoms with Crippen molar-refractivity contribution in [3.05, 3.63) is 96.1 Å². The third-order valence-electron chi connectivity index (χ3n) is 10.7. The first-order chi connectivity index (χ1) is 34.2. The predicted molar refractivity (Wildman–Crippen MR) is 250 cm³/mol. The van der Waals surface area contributed by atoms with Gasteiger partial charge < -0.3 is 72.0 Å². The van der Waals surface area contributed by atoms with Gasteiger partial charge in [0, 0.05) is 27.7 Å². The number of hydrogen-bond acceptors (Lipinski definition) is 20. The fraction of sp³-hybridized carbons (Fsp3) is 0.500. The lowest BCUT2D eigenvalue weighted by molar-refractivity contribution is -0.369. The van der Waals surface area contributed by atoms with Gasteiger partial charge in [-0.1, -0.05) is 95.5 Å². The molecule has 2 aliphatic rings.